The van der Waals surface area contributed by atoms with Gasteiger partial charge >= 0.3 is 0 Å². The molecule has 2 aromatic carbocycles. The van der Waals surface area contributed by atoms with Crippen molar-refractivity contribution in [1.29, 1.82) is 5.26 Å². The molecule has 2 nitrogen and oxygen atoms in total. The standard InChI is InChI=1S/C19H11Cl2NO/c20-15-6-8-18(21)17(11-15)19-9-7-16(23-19)10-14(12-22)13-4-2-1-3-5-13/h1-11H/b14-10-. The summed E-state index contributed by atoms with van der Waals surface area (Å²) in [6, 6.07) is 20.4. The van der Waals surface area contributed by atoms with Crippen molar-refractivity contribution in [2.75, 3.05) is 0 Å². The van der Waals surface area contributed by atoms with E-state index in [9.17, 15) is 5.26 Å². The molecule has 0 aliphatic carbocycles. The molecule has 0 radical (unpaired) electrons. The second kappa shape index (κ2) is 6.75. The smallest absolute Gasteiger partial charge is 0.136 e. The van der Waals surface area contributed by atoms with Crippen molar-refractivity contribution in [1.82, 2.24) is 0 Å². The van der Waals surface area contributed by atoms with Gasteiger partial charge in [-0.2, -0.15) is 5.26 Å². The number of nitrogens with zero attached hydrogens (tertiary/aromatic N) is 1. The number of halogens is 2. The molecule has 0 atom stereocenters. The molecule has 0 bridgehead atoms. The van der Waals surface area contributed by atoms with Gasteiger partial charge in [-0.05, 0) is 42.0 Å². The average molecular weight is 340 g/mol. The summed E-state index contributed by atoms with van der Waals surface area (Å²) in [6.07, 6.45) is 1.71. The zero-order valence-electron chi connectivity index (χ0n) is 12.0. The highest BCUT2D eigenvalue weighted by Gasteiger charge is 2.09. The fourth-order valence-corrected chi connectivity index (χ4v) is 2.58. The van der Waals surface area contributed by atoms with Crippen LogP contribution in [0, 0.1) is 11.3 Å². The van der Waals surface area contributed by atoms with E-state index >= 15 is 0 Å². The van der Waals surface area contributed by atoms with E-state index in [0.29, 0.717) is 27.1 Å². The fraction of sp³-hybridized carbons (Fsp3) is 0. The molecule has 4 heteroatoms. The Morgan fingerprint density at radius 2 is 1.78 bits per heavy atom. The maximum Gasteiger partial charge on any atom is 0.136 e. The first-order valence-electron chi connectivity index (χ1n) is 6.90. The van der Waals surface area contributed by atoms with E-state index in [-0.39, 0.29) is 0 Å². The largest absolute Gasteiger partial charge is 0.457 e. The van der Waals surface area contributed by atoms with Crippen LogP contribution in [-0.2, 0) is 0 Å². The van der Waals surface area contributed by atoms with Crippen molar-refractivity contribution in [3.05, 3.63) is 82.0 Å². The predicted octanol–water partition coefficient (Wildman–Crippen LogP) is 6.32. The van der Waals surface area contributed by atoms with E-state index < -0.39 is 0 Å². The van der Waals surface area contributed by atoms with Gasteiger partial charge in [-0.25, -0.2) is 0 Å². The molecule has 0 saturated carbocycles. The number of rotatable bonds is 3. The van der Waals surface area contributed by atoms with Crippen molar-refractivity contribution in [2.45, 2.75) is 0 Å². The van der Waals surface area contributed by atoms with E-state index in [0.717, 1.165) is 11.1 Å². The van der Waals surface area contributed by atoms with Crippen molar-refractivity contribution in [3.63, 3.8) is 0 Å². The lowest BCUT2D eigenvalue weighted by molar-refractivity contribution is 0.572. The van der Waals surface area contributed by atoms with E-state index in [4.69, 9.17) is 27.6 Å². The molecule has 23 heavy (non-hydrogen) atoms. The van der Waals surface area contributed by atoms with Crippen LogP contribution in [-0.4, -0.2) is 0 Å². The Labute approximate surface area is 144 Å². The lowest BCUT2D eigenvalue weighted by atomic mass is 10.1. The van der Waals surface area contributed by atoms with E-state index in [1.807, 2.05) is 36.4 Å². The first-order chi connectivity index (χ1) is 11.2. The maximum atomic E-state index is 9.35. The van der Waals surface area contributed by atoms with Crippen LogP contribution in [0.2, 0.25) is 10.0 Å². The lowest BCUT2D eigenvalue weighted by Gasteiger charge is -2.01. The summed E-state index contributed by atoms with van der Waals surface area (Å²) in [4.78, 5) is 0. The molecular weight excluding hydrogens is 329 g/mol. The topological polar surface area (TPSA) is 36.9 Å². The number of nitriles is 1. The minimum atomic E-state index is 0.531. The van der Waals surface area contributed by atoms with Crippen LogP contribution in [0.5, 0.6) is 0 Å². The molecule has 3 rings (SSSR count). The first-order valence-corrected chi connectivity index (χ1v) is 7.65. The number of furan rings is 1. The van der Waals surface area contributed by atoms with Crippen LogP contribution in [0.1, 0.15) is 11.3 Å². The summed E-state index contributed by atoms with van der Waals surface area (Å²) in [7, 11) is 0. The Balaban J connectivity index is 1.98. The molecule has 0 saturated heterocycles. The van der Waals surface area contributed by atoms with Gasteiger partial charge in [-0.3, -0.25) is 0 Å². The highest BCUT2D eigenvalue weighted by atomic mass is 35.5. The minimum Gasteiger partial charge on any atom is -0.457 e. The van der Waals surface area contributed by atoms with Gasteiger partial charge in [-0.15, -0.1) is 0 Å². The molecule has 112 valence electrons. The Bertz CT molecular complexity index is 905. The monoisotopic (exact) mass is 339 g/mol. The molecule has 0 unspecified atom stereocenters. The van der Waals surface area contributed by atoms with Crippen LogP contribution in [0.4, 0.5) is 0 Å². The molecule has 0 spiro atoms. The Morgan fingerprint density at radius 1 is 1.00 bits per heavy atom. The quantitative estimate of drug-likeness (QED) is 0.523. The van der Waals surface area contributed by atoms with Crippen LogP contribution in [0.3, 0.4) is 0 Å². The van der Waals surface area contributed by atoms with Crippen LogP contribution in [0.25, 0.3) is 23.0 Å². The van der Waals surface area contributed by atoms with Gasteiger partial charge in [0.15, 0.2) is 0 Å². The molecule has 1 aromatic heterocycles. The molecule has 1 heterocycles. The van der Waals surface area contributed by atoms with Crippen LogP contribution < -0.4 is 0 Å². The van der Waals surface area contributed by atoms with Crippen molar-refractivity contribution >= 4 is 34.9 Å². The molecule has 3 aromatic rings. The third kappa shape index (κ3) is 3.48. The number of hydrogen-bond donors (Lipinski definition) is 0. The summed E-state index contributed by atoms with van der Waals surface area (Å²) in [5.74, 6) is 1.19. The highest BCUT2D eigenvalue weighted by molar-refractivity contribution is 6.35. The summed E-state index contributed by atoms with van der Waals surface area (Å²) >= 11 is 12.2. The Kier molecular flexibility index (Phi) is 4.52. The molecule has 0 fully saturated rings. The summed E-state index contributed by atoms with van der Waals surface area (Å²) in [5, 5.41) is 10.5. The first kappa shape index (κ1) is 15.4. The van der Waals surface area contributed by atoms with Gasteiger partial charge in [0.2, 0.25) is 0 Å². The van der Waals surface area contributed by atoms with E-state index in [1.165, 1.54) is 0 Å². The molecule has 0 amide bonds. The minimum absolute atomic E-state index is 0.531. The number of allylic oxidation sites excluding steroid dienone is 1. The highest BCUT2D eigenvalue weighted by Crippen LogP contribution is 2.32. The molecular formula is C19H11Cl2NO. The number of benzene rings is 2. The second-order valence-electron chi connectivity index (χ2n) is 4.86. The fourth-order valence-electron chi connectivity index (χ4n) is 2.20. The molecule has 0 aliphatic rings. The summed E-state index contributed by atoms with van der Waals surface area (Å²) in [6.45, 7) is 0. The van der Waals surface area contributed by atoms with Gasteiger partial charge in [0, 0.05) is 10.6 Å². The van der Waals surface area contributed by atoms with Crippen molar-refractivity contribution < 1.29 is 4.42 Å². The summed E-state index contributed by atoms with van der Waals surface area (Å²) in [5.41, 5.74) is 2.09. The van der Waals surface area contributed by atoms with Gasteiger partial charge < -0.3 is 4.42 Å². The Morgan fingerprint density at radius 3 is 2.52 bits per heavy atom. The number of hydrogen-bond acceptors (Lipinski definition) is 2. The normalized spacial score (nSPS) is 11.3. The van der Waals surface area contributed by atoms with Crippen LogP contribution >= 0.6 is 23.2 Å². The van der Waals surface area contributed by atoms with E-state index in [1.54, 1.807) is 30.3 Å². The molecule has 0 aliphatic heterocycles. The third-order valence-corrected chi connectivity index (χ3v) is 3.88. The lowest BCUT2D eigenvalue weighted by Crippen LogP contribution is -1.80. The van der Waals surface area contributed by atoms with Crippen molar-refractivity contribution in [2.24, 2.45) is 0 Å². The zero-order valence-corrected chi connectivity index (χ0v) is 13.5. The van der Waals surface area contributed by atoms with E-state index in [2.05, 4.69) is 6.07 Å². The van der Waals surface area contributed by atoms with Gasteiger partial charge in [-0.1, -0.05) is 53.5 Å². The Hall–Kier alpha value is -2.47. The predicted molar refractivity (Wildman–Crippen MR) is 94.1 cm³/mol. The zero-order chi connectivity index (χ0) is 16.2. The van der Waals surface area contributed by atoms with Gasteiger partial charge in [0.25, 0.3) is 0 Å². The van der Waals surface area contributed by atoms with Crippen LogP contribution in [0.15, 0.2) is 65.1 Å². The van der Waals surface area contributed by atoms with Gasteiger partial charge in [0.1, 0.15) is 11.5 Å². The summed E-state index contributed by atoms with van der Waals surface area (Å²) < 4.78 is 5.79. The average Bonchev–Trinajstić information content (AvgIpc) is 3.04. The van der Waals surface area contributed by atoms with Crippen molar-refractivity contribution in [3.8, 4) is 17.4 Å². The second-order valence-corrected chi connectivity index (χ2v) is 5.71. The molecule has 0 N–H and O–H groups in total. The third-order valence-electron chi connectivity index (χ3n) is 3.31. The maximum absolute atomic E-state index is 9.35. The van der Waals surface area contributed by atoms with Gasteiger partial charge in [0.05, 0.1) is 16.7 Å². The SMILES string of the molecule is N#C/C(=C/c1ccc(-c2cc(Cl)ccc2Cl)o1)c1ccccc1.